The molecule has 0 bridgehead atoms. The molecule has 0 fully saturated rings. The Bertz CT molecular complexity index is 1050. The summed E-state index contributed by atoms with van der Waals surface area (Å²) in [6, 6.07) is 19.6. The molecule has 0 radical (unpaired) electrons. The van der Waals surface area contributed by atoms with E-state index in [2.05, 4.69) is 10.5 Å². The van der Waals surface area contributed by atoms with Crippen molar-refractivity contribution in [3.05, 3.63) is 71.8 Å². The van der Waals surface area contributed by atoms with Crippen LogP contribution in [0.3, 0.4) is 0 Å². The Hall–Kier alpha value is -3.85. The van der Waals surface area contributed by atoms with Crippen LogP contribution in [0.1, 0.15) is 18.1 Å². The van der Waals surface area contributed by atoms with Crippen LogP contribution < -0.4 is 10.2 Å². The van der Waals surface area contributed by atoms with E-state index in [1.165, 1.54) is 0 Å². The summed E-state index contributed by atoms with van der Waals surface area (Å²) in [4.78, 5) is 11.9. The number of hydrogen-bond donors (Lipinski definition) is 2. The van der Waals surface area contributed by atoms with E-state index in [4.69, 9.17) is 10.00 Å². The highest BCUT2D eigenvalue weighted by Crippen LogP contribution is 2.28. The molecule has 0 aromatic heterocycles. The summed E-state index contributed by atoms with van der Waals surface area (Å²) in [5, 5.41) is 24.9. The van der Waals surface area contributed by atoms with Gasteiger partial charge in [0.15, 0.2) is 6.61 Å². The van der Waals surface area contributed by atoms with Gasteiger partial charge in [-0.25, -0.2) is 5.43 Å². The van der Waals surface area contributed by atoms with Crippen LogP contribution in [0.25, 0.3) is 10.8 Å². The molecule has 3 aromatic rings. The number of benzene rings is 3. The van der Waals surface area contributed by atoms with E-state index in [9.17, 15) is 9.90 Å². The zero-order valence-corrected chi connectivity index (χ0v) is 14.6. The molecule has 3 rings (SSSR count). The molecule has 0 aliphatic carbocycles. The van der Waals surface area contributed by atoms with Crippen LogP contribution in [0.2, 0.25) is 0 Å². The third kappa shape index (κ3) is 4.22. The van der Waals surface area contributed by atoms with Gasteiger partial charge in [-0.05, 0) is 42.6 Å². The van der Waals surface area contributed by atoms with Gasteiger partial charge in [-0.3, -0.25) is 4.79 Å². The number of carbonyl (C=O) groups is 1. The monoisotopic (exact) mass is 359 g/mol. The fourth-order valence-corrected chi connectivity index (χ4v) is 2.56. The fraction of sp³-hybridized carbons (Fsp3) is 0.0952. The predicted octanol–water partition coefficient (Wildman–Crippen LogP) is 3.34. The quantitative estimate of drug-likeness (QED) is 0.539. The van der Waals surface area contributed by atoms with E-state index in [1.807, 2.05) is 36.4 Å². The van der Waals surface area contributed by atoms with Crippen molar-refractivity contribution in [1.29, 1.82) is 5.26 Å². The normalized spacial score (nSPS) is 11.0. The maximum atomic E-state index is 11.9. The van der Waals surface area contributed by atoms with Crippen LogP contribution in [0.4, 0.5) is 0 Å². The second-order valence-corrected chi connectivity index (χ2v) is 5.84. The first-order valence-electron chi connectivity index (χ1n) is 8.25. The van der Waals surface area contributed by atoms with Crippen LogP contribution in [-0.2, 0) is 4.79 Å². The highest BCUT2D eigenvalue weighted by molar-refractivity contribution is 6.06. The molecule has 0 saturated heterocycles. The van der Waals surface area contributed by atoms with Crippen LogP contribution >= 0.6 is 0 Å². The first-order valence-corrected chi connectivity index (χ1v) is 8.25. The summed E-state index contributed by atoms with van der Waals surface area (Å²) in [7, 11) is 0. The largest absolute Gasteiger partial charge is 0.507 e. The number of rotatable bonds is 5. The minimum absolute atomic E-state index is 0.123. The van der Waals surface area contributed by atoms with Crippen molar-refractivity contribution in [2.75, 3.05) is 6.61 Å². The number of ether oxygens (including phenoxy) is 1. The van der Waals surface area contributed by atoms with Gasteiger partial charge in [-0.2, -0.15) is 10.4 Å². The summed E-state index contributed by atoms with van der Waals surface area (Å²) in [6.07, 6.45) is 0. The second kappa shape index (κ2) is 8.02. The number of nitriles is 1. The lowest BCUT2D eigenvalue weighted by molar-refractivity contribution is -0.123. The van der Waals surface area contributed by atoms with Crippen molar-refractivity contribution in [1.82, 2.24) is 5.43 Å². The van der Waals surface area contributed by atoms with Crippen molar-refractivity contribution in [2.24, 2.45) is 5.10 Å². The number of carbonyl (C=O) groups excluding carboxylic acids is 1. The zero-order chi connectivity index (χ0) is 19.2. The number of phenols is 1. The average Bonchev–Trinajstić information content (AvgIpc) is 2.71. The van der Waals surface area contributed by atoms with Gasteiger partial charge in [-0.15, -0.1) is 0 Å². The van der Waals surface area contributed by atoms with Crippen LogP contribution in [0, 0.1) is 11.3 Å². The topological polar surface area (TPSA) is 94.7 Å². The average molecular weight is 359 g/mol. The number of hydrogen-bond acceptors (Lipinski definition) is 5. The van der Waals surface area contributed by atoms with Crippen molar-refractivity contribution < 1.29 is 14.6 Å². The SMILES string of the molecule is C/C(=N\NC(=O)COc1ccc(C#N)cc1)c1ccc2ccccc2c1O. The third-order valence-corrected chi connectivity index (χ3v) is 3.99. The number of aromatic hydroxyl groups is 1. The maximum Gasteiger partial charge on any atom is 0.277 e. The summed E-state index contributed by atoms with van der Waals surface area (Å²) in [6.45, 7) is 1.48. The van der Waals surface area contributed by atoms with Crippen molar-refractivity contribution in [3.8, 4) is 17.6 Å². The maximum absolute atomic E-state index is 11.9. The lowest BCUT2D eigenvalue weighted by Gasteiger charge is -2.08. The Labute approximate surface area is 156 Å². The zero-order valence-electron chi connectivity index (χ0n) is 14.6. The lowest BCUT2D eigenvalue weighted by Crippen LogP contribution is -2.25. The molecule has 2 N–H and O–H groups in total. The number of fused-ring (bicyclic) bond motifs is 1. The van der Waals surface area contributed by atoms with E-state index < -0.39 is 5.91 Å². The second-order valence-electron chi connectivity index (χ2n) is 5.84. The van der Waals surface area contributed by atoms with Crippen molar-refractivity contribution in [2.45, 2.75) is 6.92 Å². The van der Waals surface area contributed by atoms with Gasteiger partial charge < -0.3 is 9.84 Å². The first kappa shape index (κ1) is 18.0. The highest BCUT2D eigenvalue weighted by Gasteiger charge is 2.09. The molecule has 0 heterocycles. The number of phenolic OH excluding ortho intramolecular Hbond substituents is 1. The summed E-state index contributed by atoms with van der Waals surface area (Å²) in [5.41, 5.74) is 3.95. The van der Waals surface area contributed by atoms with Gasteiger partial charge in [0.25, 0.3) is 5.91 Å². The van der Waals surface area contributed by atoms with E-state index in [0.29, 0.717) is 22.6 Å². The molecule has 27 heavy (non-hydrogen) atoms. The van der Waals surface area contributed by atoms with Gasteiger partial charge in [0.05, 0.1) is 17.3 Å². The van der Waals surface area contributed by atoms with Gasteiger partial charge in [-0.1, -0.05) is 30.3 Å². The molecule has 0 atom stereocenters. The molecular weight excluding hydrogens is 342 g/mol. The first-order chi connectivity index (χ1) is 13.1. The Morgan fingerprint density at radius 2 is 1.89 bits per heavy atom. The Morgan fingerprint density at radius 1 is 1.15 bits per heavy atom. The minimum atomic E-state index is -0.431. The van der Waals surface area contributed by atoms with Crippen LogP contribution in [0.5, 0.6) is 11.5 Å². The molecular formula is C21H17N3O3. The van der Waals surface area contributed by atoms with Crippen LogP contribution in [-0.4, -0.2) is 23.3 Å². The summed E-state index contributed by atoms with van der Waals surface area (Å²) >= 11 is 0. The molecule has 0 saturated carbocycles. The number of nitrogens with one attached hydrogen (secondary N) is 1. The molecule has 0 aliphatic rings. The molecule has 0 spiro atoms. The summed E-state index contributed by atoms with van der Waals surface area (Å²) in [5.74, 6) is 0.174. The Balaban J connectivity index is 1.63. The van der Waals surface area contributed by atoms with Gasteiger partial charge in [0.1, 0.15) is 11.5 Å². The van der Waals surface area contributed by atoms with E-state index in [0.717, 1.165) is 10.8 Å². The molecule has 1 amide bonds. The number of nitrogens with zero attached hydrogens (tertiary/aromatic N) is 2. The highest BCUT2D eigenvalue weighted by atomic mass is 16.5. The molecule has 6 nitrogen and oxygen atoms in total. The standard InChI is InChI=1S/C21H17N3O3/c1-14(18-11-8-16-4-2-3-5-19(16)21(18)26)23-24-20(25)13-27-17-9-6-15(12-22)7-10-17/h2-11,26H,13H2,1H3,(H,24,25)/b23-14+. The number of hydrazone groups is 1. The smallest absolute Gasteiger partial charge is 0.277 e. The Morgan fingerprint density at radius 3 is 2.63 bits per heavy atom. The molecule has 6 heteroatoms. The van der Waals surface area contributed by atoms with Crippen molar-refractivity contribution in [3.63, 3.8) is 0 Å². The van der Waals surface area contributed by atoms with Crippen LogP contribution in [0.15, 0.2) is 65.8 Å². The molecule has 134 valence electrons. The van der Waals surface area contributed by atoms with E-state index in [1.54, 1.807) is 37.3 Å². The molecule has 3 aromatic carbocycles. The lowest BCUT2D eigenvalue weighted by atomic mass is 10.0. The predicted molar refractivity (Wildman–Crippen MR) is 103 cm³/mol. The minimum Gasteiger partial charge on any atom is -0.507 e. The van der Waals surface area contributed by atoms with Crippen molar-refractivity contribution >= 4 is 22.4 Å². The van der Waals surface area contributed by atoms with E-state index >= 15 is 0 Å². The van der Waals surface area contributed by atoms with Gasteiger partial charge in [0, 0.05) is 10.9 Å². The third-order valence-electron chi connectivity index (χ3n) is 3.99. The fourth-order valence-electron chi connectivity index (χ4n) is 2.56. The number of amides is 1. The molecule has 0 aliphatic heterocycles. The van der Waals surface area contributed by atoms with Gasteiger partial charge >= 0.3 is 0 Å². The summed E-state index contributed by atoms with van der Waals surface area (Å²) < 4.78 is 5.35. The van der Waals surface area contributed by atoms with E-state index in [-0.39, 0.29) is 12.4 Å². The molecule has 0 unspecified atom stereocenters. The van der Waals surface area contributed by atoms with Gasteiger partial charge in [0.2, 0.25) is 0 Å². The Kier molecular flexibility index (Phi) is 5.33.